The molecule has 1 aliphatic rings. The predicted molar refractivity (Wildman–Crippen MR) is 98.0 cm³/mol. The molecule has 146 valence electrons. The SMILES string of the molecule is COC(C)(CNS(=O)(=O)c1ccc2c(c1)OCCCO2)c1ccccc1F. The lowest BCUT2D eigenvalue weighted by Crippen LogP contribution is -2.40. The van der Waals surface area contributed by atoms with E-state index < -0.39 is 21.4 Å². The molecule has 2 aromatic rings. The minimum absolute atomic E-state index is 0.0405. The molecule has 1 unspecified atom stereocenters. The molecule has 0 saturated heterocycles. The van der Waals surface area contributed by atoms with Gasteiger partial charge in [0.05, 0.1) is 18.1 Å². The van der Waals surface area contributed by atoms with Gasteiger partial charge in [0.15, 0.2) is 11.5 Å². The third kappa shape index (κ3) is 4.23. The summed E-state index contributed by atoms with van der Waals surface area (Å²) in [5, 5.41) is 0. The topological polar surface area (TPSA) is 73.9 Å². The van der Waals surface area contributed by atoms with E-state index >= 15 is 0 Å². The van der Waals surface area contributed by atoms with E-state index in [0.29, 0.717) is 24.7 Å². The first kappa shape index (κ1) is 19.6. The first-order valence-corrected chi connectivity index (χ1v) is 10.0. The van der Waals surface area contributed by atoms with Crippen molar-refractivity contribution < 1.29 is 27.0 Å². The van der Waals surface area contributed by atoms with Crippen LogP contribution in [0.4, 0.5) is 4.39 Å². The molecule has 0 bridgehead atoms. The van der Waals surface area contributed by atoms with E-state index in [4.69, 9.17) is 14.2 Å². The van der Waals surface area contributed by atoms with Crippen molar-refractivity contribution >= 4 is 10.0 Å². The fourth-order valence-electron chi connectivity index (χ4n) is 2.79. The summed E-state index contributed by atoms with van der Waals surface area (Å²) >= 11 is 0. The van der Waals surface area contributed by atoms with Gasteiger partial charge in [-0.25, -0.2) is 17.5 Å². The molecule has 1 N–H and O–H groups in total. The molecule has 6 nitrogen and oxygen atoms in total. The summed E-state index contributed by atoms with van der Waals surface area (Å²) in [6.07, 6.45) is 0.726. The molecule has 3 rings (SSSR count). The molecule has 1 aliphatic heterocycles. The second kappa shape index (κ2) is 7.84. The van der Waals surface area contributed by atoms with Crippen LogP contribution in [-0.2, 0) is 20.4 Å². The summed E-state index contributed by atoms with van der Waals surface area (Å²) in [7, 11) is -2.45. The standard InChI is InChI=1S/C19H22FNO5S/c1-19(24-2,15-6-3-4-7-16(15)20)13-21-27(22,23)14-8-9-17-18(12-14)26-11-5-10-25-17/h3-4,6-9,12,21H,5,10-11,13H2,1-2H3. The summed E-state index contributed by atoms with van der Waals surface area (Å²) in [5.41, 5.74) is -0.891. The molecule has 0 spiro atoms. The van der Waals surface area contributed by atoms with Crippen LogP contribution in [0.25, 0.3) is 0 Å². The lowest BCUT2D eigenvalue weighted by atomic mass is 9.95. The number of rotatable bonds is 6. The Morgan fingerprint density at radius 1 is 1.15 bits per heavy atom. The van der Waals surface area contributed by atoms with Crippen LogP contribution < -0.4 is 14.2 Å². The summed E-state index contributed by atoms with van der Waals surface area (Å²) in [6.45, 7) is 2.47. The van der Waals surface area contributed by atoms with Gasteiger partial charge in [-0.1, -0.05) is 18.2 Å². The monoisotopic (exact) mass is 395 g/mol. The van der Waals surface area contributed by atoms with Crippen LogP contribution >= 0.6 is 0 Å². The van der Waals surface area contributed by atoms with Crippen molar-refractivity contribution in [2.75, 3.05) is 26.9 Å². The Morgan fingerprint density at radius 3 is 2.56 bits per heavy atom. The van der Waals surface area contributed by atoms with E-state index in [-0.39, 0.29) is 17.0 Å². The molecule has 0 radical (unpaired) electrons. The average Bonchev–Trinajstić information content (AvgIpc) is 2.91. The van der Waals surface area contributed by atoms with Crippen LogP contribution in [0, 0.1) is 5.82 Å². The third-order valence-corrected chi connectivity index (χ3v) is 5.92. The van der Waals surface area contributed by atoms with E-state index in [1.165, 1.54) is 25.3 Å². The number of ether oxygens (including phenoxy) is 3. The summed E-state index contributed by atoms with van der Waals surface area (Å²) in [6, 6.07) is 10.6. The Hall–Kier alpha value is -2.16. The van der Waals surface area contributed by atoms with Crippen molar-refractivity contribution in [3.8, 4) is 11.5 Å². The fraction of sp³-hybridized carbons (Fsp3) is 0.368. The zero-order valence-corrected chi connectivity index (χ0v) is 16.0. The number of benzene rings is 2. The van der Waals surface area contributed by atoms with E-state index in [2.05, 4.69) is 4.72 Å². The van der Waals surface area contributed by atoms with Crippen LogP contribution in [0.15, 0.2) is 47.4 Å². The Kier molecular flexibility index (Phi) is 5.69. The molecule has 1 heterocycles. The average molecular weight is 395 g/mol. The molecule has 0 fully saturated rings. The Labute approximate surface area is 158 Å². The van der Waals surface area contributed by atoms with Crippen molar-refractivity contribution in [2.24, 2.45) is 0 Å². The van der Waals surface area contributed by atoms with E-state index in [9.17, 15) is 12.8 Å². The molecule has 0 amide bonds. The summed E-state index contributed by atoms with van der Waals surface area (Å²) < 4.78 is 58.6. The Morgan fingerprint density at radius 2 is 1.85 bits per heavy atom. The van der Waals surface area contributed by atoms with Crippen molar-refractivity contribution in [3.63, 3.8) is 0 Å². The number of methoxy groups -OCH3 is 1. The van der Waals surface area contributed by atoms with Gasteiger partial charge in [0, 0.05) is 31.7 Å². The lowest BCUT2D eigenvalue weighted by molar-refractivity contribution is 0.00410. The van der Waals surface area contributed by atoms with Crippen molar-refractivity contribution in [1.29, 1.82) is 0 Å². The highest BCUT2D eigenvalue weighted by Gasteiger charge is 2.31. The third-order valence-electron chi connectivity index (χ3n) is 4.52. The largest absolute Gasteiger partial charge is 0.490 e. The molecule has 27 heavy (non-hydrogen) atoms. The van der Waals surface area contributed by atoms with Gasteiger partial charge in [-0.2, -0.15) is 0 Å². The first-order chi connectivity index (χ1) is 12.9. The number of sulfonamides is 1. The maximum absolute atomic E-state index is 14.2. The fourth-order valence-corrected chi connectivity index (χ4v) is 3.94. The molecular formula is C19H22FNO5S. The van der Waals surface area contributed by atoms with Crippen molar-refractivity contribution in [2.45, 2.75) is 23.8 Å². The van der Waals surface area contributed by atoms with Crippen LogP contribution in [0.3, 0.4) is 0 Å². The molecule has 8 heteroatoms. The quantitative estimate of drug-likeness (QED) is 0.814. The number of nitrogens with one attached hydrogen (secondary N) is 1. The van der Waals surface area contributed by atoms with Gasteiger partial charge in [0.2, 0.25) is 10.0 Å². The molecule has 1 atom stereocenters. The predicted octanol–water partition coefficient (Wildman–Crippen LogP) is 2.83. The molecule has 2 aromatic carbocycles. The number of halogens is 1. The van der Waals surface area contributed by atoms with Gasteiger partial charge >= 0.3 is 0 Å². The normalized spacial score (nSPS) is 16.4. The van der Waals surface area contributed by atoms with Gasteiger partial charge in [-0.05, 0) is 25.1 Å². The van der Waals surface area contributed by atoms with Gasteiger partial charge in [-0.3, -0.25) is 0 Å². The van der Waals surface area contributed by atoms with Crippen molar-refractivity contribution in [1.82, 2.24) is 4.72 Å². The van der Waals surface area contributed by atoms with Crippen molar-refractivity contribution in [3.05, 3.63) is 53.8 Å². The van der Waals surface area contributed by atoms with Crippen LogP contribution in [0.2, 0.25) is 0 Å². The first-order valence-electron chi connectivity index (χ1n) is 8.55. The Balaban J connectivity index is 1.82. The summed E-state index contributed by atoms with van der Waals surface area (Å²) in [4.78, 5) is 0.0405. The second-order valence-corrected chi connectivity index (χ2v) is 8.17. The summed E-state index contributed by atoms with van der Waals surface area (Å²) in [5.74, 6) is 0.440. The maximum Gasteiger partial charge on any atom is 0.240 e. The molecule has 0 saturated carbocycles. The number of hydrogen-bond donors (Lipinski definition) is 1. The van der Waals surface area contributed by atoms with E-state index in [1.54, 1.807) is 31.2 Å². The van der Waals surface area contributed by atoms with Gasteiger partial charge in [-0.15, -0.1) is 0 Å². The van der Waals surface area contributed by atoms with Crippen LogP contribution in [-0.4, -0.2) is 35.3 Å². The van der Waals surface area contributed by atoms with Crippen LogP contribution in [0.5, 0.6) is 11.5 Å². The maximum atomic E-state index is 14.2. The smallest absolute Gasteiger partial charge is 0.240 e. The lowest BCUT2D eigenvalue weighted by Gasteiger charge is -2.29. The number of hydrogen-bond acceptors (Lipinski definition) is 5. The van der Waals surface area contributed by atoms with Gasteiger partial charge in [0.1, 0.15) is 11.4 Å². The van der Waals surface area contributed by atoms with E-state index in [1.807, 2.05) is 0 Å². The molecular weight excluding hydrogens is 373 g/mol. The minimum atomic E-state index is -3.86. The highest BCUT2D eigenvalue weighted by molar-refractivity contribution is 7.89. The molecule has 0 aromatic heterocycles. The second-order valence-electron chi connectivity index (χ2n) is 6.40. The Bertz CT molecular complexity index is 918. The zero-order valence-electron chi connectivity index (χ0n) is 15.2. The molecule has 0 aliphatic carbocycles. The minimum Gasteiger partial charge on any atom is -0.490 e. The highest BCUT2D eigenvalue weighted by atomic mass is 32.2. The zero-order chi connectivity index (χ0) is 19.5. The van der Waals surface area contributed by atoms with Crippen LogP contribution in [0.1, 0.15) is 18.9 Å². The number of fused-ring (bicyclic) bond motifs is 1. The van der Waals surface area contributed by atoms with E-state index in [0.717, 1.165) is 6.42 Å². The van der Waals surface area contributed by atoms with Gasteiger partial charge in [0.25, 0.3) is 0 Å². The highest BCUT2D eigenvalue weighted by Crippen LogP contribution is 2.32. The van der Waals surface area contributed by atoms with Gasteiger partial charge < -0.3 is 14.2 Å².